The van der Waals surface area contributed by atoms with Gasteiger partial charge in [0.05, 0.1) is 31.4 Å². The highest BCUT2D eigenvalue weighted by Gasteiger charge is 2.24. The second kappa shape index (κ2) is 9.49. The lowest BCUT2D eigenvalue weighted by atomic mass is 10.1. The summed E-state index contributed by atoms with van der Waals surface area (Å²) in [5, 5.41) is 8.82. The van der Waals surface area contributed by atoms with Crippen LogP contribution in [-0.2, 0) is 20.7 Å². The molecule has 0 unspecified atom stereocenters. The molecule has 3 rings (SSSR count). The Hall–Kier alpha value is -2.43. The summed E-state index contributed by atoms with van der Waals surface area (Å²) in [6, 6.07) is 9.47. The van der Waals surface area contributed by atoms with Crippen LogP contribution in [0.15, 0.2) is 24.3 Å². The van der Waals surface area contributed by atoms with E-state index >= 15 is 0 Å². The lowest BCUT2D eigenvalue weighted by Gasteiger charge is -2.36. The number of hydrogen-bond acceptors (Lipinski definition) is 5. The lowest BCUT2D eigenvalue weighted by molar-refractivity contribution is -0.137. The van der Waals surface area contributed by atoms with E-state index in [1.165, 1.54) is 0 Å². The number of aryl methyl sites for hydroxylation is 1. The van der Waals surface area contributed by atoms with E-state index in [4.69, 9.17) is 10.00 Å². The number of benzene rings is 1. The topological polar surface area (TPSA) is 76.9 Å². The Labute approximate surface area is 160 Å². The molecule has 0 saturated carbocycles. The van der Waals surface area contributed by atoms with Gasteiger partial charge in [-0.25, -0.2) is 0 Å². The smallest absolute Gasteiger partial charge is 0.236 e. The largest absolute Gasteiger partial charge is 0.378 e. The Bertz CT molecular complexity index is 684. The van der Waals surface area contributed by atoms with Crippen LogP contribution in [0.4, 0.5) is 0 Å². The van der Waals surface area contributed by atoms with Gasteiger partial charge in [0, 0.05) is 45.7 Å². The van der Waals surface area contributed by atoms with Crippen molar-refractivity contribution in [1.29, 1.82) is 5.26 Å². The first kappa shape index (κ1) is 19.3. The number of rotatable bonds is 5. The molecule has 144 valence electrons. The van der Waals surface area contributed by atoms with E-state index in [0.717, 1.165) is 18.7 Å². The summed E-state index contributed by atoms with van der Waals surface area (Å²) < 4.78 is 5.28. The first-order valence-corrected chi connectivity index (χ1v) is 9.50. The molecule has 0 radical (unpaired) electrons. The maximum atomic E-state index is 12.4. The monoisotopic (exact) mass is 370 g/mol. The molecule has 0 bridgehead atoms. The van der Waals surface area contributed by atoms with E-state index in [2.05, 4.69) is 11.0 Å². The Morgan fingerprint density at radius 2 is 1.56 bits per heavy atom. The van der Waals surface area contributed by atoms with Gasteiger partial charge >= 0.3 is 0 Å². The van der Waals surface area contributed by atoms with Crippen molar-refractivity contribution in [3.05, 3.63) is 35.4 Å². The number of carbonyl (C=O) groups excluding carboxylic acids is 2. The fourth-order valence-electron chi connectivity index (χ4n) is 3.41. The fraction of sp³-hybridized carbons (Fsp3) is 0.550. The van der Waals surface area contributed by atoms with E-state index in [9.17, 15) is 9.59 Å². The Kier molecular flexibility index (Phi) is 6.80. The predicted octanol–water partition coefficient (Wildman–Crippen LogP) is 0.494. The minimum atomic E-state index is 0.151. The number of hydrogen-bond donors (Lipinski definition) is 0. The molecule has 27 heavy (non-hydrogen) atoms. The Morgan fingerprint density at radius 3 is 2.19 bits per heavy atom. The normalized spacial score (nSPS) is 18.2. The Balaban J connectivity index is 1.38. The van der Waals surface area contributed by atoms with Crippen molar-refractivity contribution >= 4 is 11.8 Å². The van der Waals surface area contributed by atoms with Crippen molar-refractivity contribution in [1.82, 2.24) is 14.7 Å². The van der Waals surface area contributed by atoms with Gasteiger partial charge in [0.1, 0.15) is 0 Å². The van der Waals surface area contributed by atoms with Crippen LogP contribution in [0.25, 0.3) is 0 Å². The van der Waals surface area contributed by atoms with Gasteiger partial charge in [0.25, 0.3) is 0 Å². The molecule has 2 aliphatic heterocycles. The van der Waals surface area contributed by atoms with Crippen LogP contribution in [-0.4, -0.2) is 85.5 Å². The Morgan fingerprint density at radius 1 is 0.926 bits per heavy atom. The molecule has 0 spiro atoms. The zero-order valence-corrected chi connectivity index (χ0v) is 15.6. The van der Waals surface area contributed by atoms with Crippen molar-refractivity contribution in [3.8, 4) is 6.07 Å². The summed E-state index contributed by atoms with van der Waals surface area (Å²) in [6.45, 7) is 5.82. The zero-order valence-electron chi connectivity index (χ0n) is 15.6. The van der Waals surface area contributed by atoms with Crippen molar-refractivity contribution in [2.24, 2.45) is 0 Å². The van der Waals surface area contributed by atoms with Gasteiger partial charge in [0.2, 0.25) is 11.8 Å². The number of morpholine rings is 1. The minimum Gasteiger partial charge on any atom is -0.378 e. The van der Waals surface area contributed by atoms with Crippen molar-refractivity contribution in [2.75, 3.05) is 59.0 Å². The van der Waals surface area contributed by atoms with Gasteiger partial charge in [-0.3, -0.25) is 14.5 Å². The molecule has 1 aromatic carbocycles. The molecule has 2 heterocycles. The molecule has 2 fully saturated rings. The summed E-state index contributed by atoms with van der Waals surface area (Å²) >= 11 is 0. The van der Waals surface area contributed by atoms with E-state index in [1.807, 2.05) is 21.9 Å². The van der Waals surface area contributed by atoms with E-state index in [-0.39, 0.29) is 11.8 Å². The van der Waals surface area contributed by atoms with Gasteiger partial charge in [-0.05, 0) is 24.1 Å². The summed E-state index contributed by atoms with van der Waals surface area (Å²) in [7, 11) is 0. The van der Waals surface area contributed by atoms with Gasteiger partial charge in [-0.15, -0.1) is 0 Å². The van der Waals surface area contributed by atoms with Crippen LogP contribution >= 0.6 is 0 Å². The van der Waals surface area contributed by atoms with Crippen molar-refractivity contribution in [2.45, 2.75) is 12.8 Å². The molecule has 0 aliphatic carbocycles. The van der Waals surface area contributed by atoms with Crippen molar-refractivity contribution in [3.63, 3.8) is 0 Å². The second-order valence-electron chi connectivity index (χ2n) is 6.96. The van der Waals surface area contributed by atoms with E-state index < -0.39 is 0 Å². The maximum Gasteiger partial charge on any atom is 0.236 e. The molecule has 0 N–H and O–H groups in total. The van der Waals surface area contributed by atoms with Crippen LogP contribution in [0, 0.1) is 11.3 Å². The average Bonchev–Trinajstić information content (AvgIpc) is 2.73. The molecule has 7 heteroatoms. The van der Waals surface area contributed by atoms with Gasteiger partial charge in [-0.1, -0.05) is 12.1 Å². The molecule has 2 amide bonds. The second-order valence-corrected chi connectivity index (χ2v) is 6.96. The van der Waals surface area contributed by atoms with Crippen molar-refractivity contribution < 1.29 is 14.3 Å². The van der Waals surface area contributed by atoms with Crippen LogP contribution < -0.4 is 0 Å². The molecular formula is C20H26N4O3. The molecule has 2 saturated heterocycles. The number of carbonyl (C=O) groups is 2. The first-order valence-electron chi connectivity index (χ1n) is 9.50. The highest BCUT2D eigenvalue weighted by molar-refractivity contribution is 5.78. The number of nitriles is 1. The molecule has 0 aromatic heterocycles. The van der Waals surface area contributed by atoms with E-state index in [0.29, 0.717) is 64.3 Å². The predicted molar refractivity (Wildman–Crippen MR) is 99.9 cm³/mol. The summed E-state index contributed by atoms with van der Waals surface area (Å²) in [4.78, 5) is 30.6. The van der Waals surface area contributed by atoms with Crippen LogP contribution in [0.3, 0.4) is 0 Å². The number of ether oxygens (including phenoxy) is 1. The lowest BCUT2D eigenvalue weighted by Crippen LogP contribution is -2.52. The molecule has 1 aromatic rings. The third kappa shape index (κ3) is 5.52. The fourth-order valence-corrected chi connectivity index (χ4v) is 3.41. The molecule has 0 atom stereocenters. The average molecular weight is 370 g/mol. The highest BCUT2D eigenvalue weighted by Crippen LogP contribution is 2.10. The number of amides is 2. The first-order chi connectivity index (χ1) is 13.2. The number of nitrogens with zero attached hydrogens (tertiary/aromatic N) is 4. The third-order valence-electron chi connectivity index (χ3n) is 5.16. The van der Waals surface area contributed by atoms with Crippen LogP contribution in [0.1, 0.15) is 17.5 Å². The third-order valence-corrected chi connectivity index (χ3v) is 5.16. The summed E-state index contributed by atoms with van der Waals surface area (Å²) in [5.41, 5.74) is 1.70. The highest BCUT2D eigenvalue weighted by atomic mass is 16.5. The van der Waals surface area contributed by atoms with Crippen LogP contribution in [0.5, 0.6) is 0 Å². The van der Waals surface area contributed by atoms with Gasteiger partial charge < -0.3 is 14.5 Å². The molecule has 7 nitrogen and oxygen atoms in total. The van der Waals surface area contributed by atoms with E-state index in [1.54, 1.807) is 12.1 Å². The molecule has 2 aliphatic rings. The zero-order chi connectivity index (χ0) is 19.1. The van der Waals surface area contributed by atoms with Gasteiger partial charge in [0.15, 0.2) is 0 Å². The standard InChI is InChI=1S/C20H26N4O3/c21-15-18-3-1-17(2-4-18)5-6-19(25)23-9-7-22(8-10-23)16-20(26)24-11-13-27-14-12-24/h1-4H,5-14,16H2. The van der Waals surface area contributed by atoms with Gasteiger partial charge in [-0.2, -0.15) is 5.26 Å². The maximum absolute atomic E-state index is 12.4. The van der Waals surface area contributed by atoms with Crippen LogP contribution in [0.2, 0.25) is 0 Å². The summed E-state index contributed by atoms with van der Waals surface area (Å²) in [5.74, 6) is 0.303. The SMILES string of the molecule is N#Cc1ccc(CCC(=O)N2CCN(CC(=O)N3CCOCC3)CC2)cc1. The number of piperazine rings is 1. The molecular weight excluding hydrogens is 344 g/mol. The summed E-state index contributed by atoms with van der Waals surface area (Å²) in [6.07, 6.45) is 1.15. The quantitative estimate of drug-likeness (QED) is 0.754. The minimum absolute atomic E-state index is 0.151.